The van der Waals surface area contributed by atoms with Crippen LogP contribution in [0.4, 0.5) is 0 Å². The molecule has 9 heteroatoms. The molecule has 0 bridgehead atoms. The first-order valence-electron chi connectivity index (χ1n) is 17.0. The Balaban J connectivity index is 0.00000142. The summed E-state index contributed by atoms with van der Waals surface area (Å²) in [4.78, 5) is 29.0. The fraction of sp³-hybridized carbons (Fsp3) is 0.526. The topological polar surface area (TPSA) is 110 Å². The molecule has 1 heterocycles. The summed E-state index contributed by atoms with van der Waals surface area (Å²) in [7, 11) is -3.23. The number of benzene rings is 2. The number of nitrogens with zero attached hydrogens (tertiary/aromatic N) is 1. The lowest BCUT2D eigenvalue weighted by atomic mass is 9.65. The van der Waals surface area contributed by atoms with E-state index in [1.54, 1.807) is 38.1 Å². The number of rotatable bonds is 13. The van der Waals surface area contributed by atoms with Gasteiger partial charge in [-0.1, -0.05) is 92.6 Å². The van der Waals surface area contributed by atoms with Crippen LogP contribution in [-0.4, -0.2) is 55.3 Å². The summed E-state index contributed by atoms with van der Waals surface area (Å²) in [5.41, 5.74) is 8.54. The normalized spacial score (nSPS) is 17.3. The number of aryl methyl sites for hydroxylation is 1. The first-order chi connectivity index (χ1) is 22.4. The van der Waals surface area contributed by atoms with Crippen molar-refractivity contribution in [2.45, 2.75) is 95.9 Å². The van der Waals surface area contributed by atoms with Gasteiger partial charge in [0, 0.05) is 37.5 Å². The number of halogens is 1. The van der Waals surface area contributed by atoms with Crippen LogP contribution in [0.3, 0.4) is 0 Å². The molecule has 4 rings (SSSR count). The summed E-state index contributed by atoms with van der Waals surface area (Å²) in [6, 6.07) is 14.5. The number of carbonyl (C=O) groups excluding carboxylic acids is 2. The van der Waals surface area contributed by atoms with Crippen molar-refractivity contribution in [2.24, 2.45) is 17.1 Å². The average Bonchev–Trinajstić information content (AvgIpc) is 3.08. The quantitative estimate of drug-likeness (QED) is 0.225. The molecule has 1 saturated carbocycles. The number of nitrogens with one attached hydrogen (secondary N) is 1. The van der Waals surface area contributed by atoms with Crippen molar-refractivity contribution in [2.75, 3.05) is 18.8 Å². The van der Waals surface area contributed by atoms with E-state index in [9.17, 15) is 18.0 Å². The van der Waals surface area contributed by atoms with Crippen molar-refractivity contribution >= 4 is 33.3 Å². The van der Waals surface area contributed by atoms with Gasteiger partial charge in [0.2, 0.25) is 11.8 Å². The van der Waals surface area contributed by atoms with Gasteiger partial charge in [-0.15, -0.1) is 0 Å². The van der Waals surface area contributed by atoms with Gasteiger partial charge in [-0.05, 0) is 86.1 Å². The number of nitrogens with two attached hydrogens (primary N) is 1. The molecule has 1 aliphatic carbocycles. The molecule has 1 atom stereocenters. The minimum absolute atomic E-state index is 0.116. The zero-order valence-electron chi connectivity index (χ0n) is 28.3. The number of sulfone groups is 1. The number of piperidine rings is 1. The molecule has 0 aromatic heterocycles. The van der Waals surface area contributed by atoms with Crippen molar-refractivity contribution < 1.29 is 18.0 Å². The second-order valence-electron chi connectivity index (χ2n) is 13.3. The Kier molecular flexibility index (Phi) is 15.2. The van der Waals surface area contributed by atoms with E-state index in [-0.39, 0.29) is 29.4 Å². The molecule has 2 aromatic carbocycles. The highest BCUT2D eigenvalue weighted by Gasteiger charge is 2.46. The Morgan fingerprint density at radius 2 is 1.60 bits per heavy atom. The van der Waals surface area contributed by atoms with E-state index < -0.39 is 21.1 Å². The number of hydrogen-bond donors (Lipinski definition) is 2. The molecular formula is C38H54ClN3O4S. The Hall–Kier alpha value is -2.94. The van der Waals surface area contributed by atoms with Crippen LogP contribution in [0.5, 0.6) is 0 Å². The van der Waals surface area contributed by atoms with Gasteiger partial charge in [0.25, 0.3) is 0 Å². The highest BCUT2D eigenvalue weighted by Crippen LogP contribution is 2.47. The maximum Gasteiger partial charge on any atom is 0.245 e. The predicted octanol–water partition coefficient (Wildman–Crippen LogP) is 6.83. The van der Waals surface area contributed by atoms with Gasteiger partial charge in [-0.2, -0.15) is 0 Å². The molecule has 3 N–H and O–H groups in total. The van der Waals surface area contributed by atoms with E-state index >= 15 is 0 Å². The van der Waals surface area contributed by atoms with E-state index in [0.717, 1.165) is 42.4 Å². The van der Waals surface area contributed by atoms with E-state index in [4.69, 9.17) is 17.3 Å². The Morgan fingerprint density at radius 1 is 1.00 bits per heavy atom. The number of carbonyl (C=O) groups is 2. The van der Waals surface area contributed by atoms with Gasteiger partial charge in [-0.25, -0.2) is 8.42 Å². The Bertz CT molecular complexity index is 1420. The van der Waals surface area contributed by atoms with Gasteiger partial charge in [0.1, 0.15) is 6.04 Å². The van der Waals surface area contributed by atoms with Crippen molar-refractivity contribution in [3.8, 4) is 0 Å². The zero-order valence-corrected chi connectivity index (χ0v) is 29.8. The van der Waals surface area contributed by atoms with E-state index in [0.29, 0.717) is 56.3 Å². The van der Waals surface area contributed by atoms with Crippen LogP contribution < -0.4 is 11.1 Å². The maximum atomic E-state index is 14.0. The van der Waals surface area contributed by atoms with Crippen LogP contribution in [-0.2, 0) is 38.8 Å². The van der Waals surface area contributed by atoms with Crippen molar-refractivity contribution in [3.05, 3.63) is 95.6 Å². The number of hydrogen-bond acceptors (Lipinski definition) is 5. The molecule has 2 aromatic rings. The fourth-order valence-corrected chi connectivity index (χ4v) is 8.70. The second kappa shape index (κ2) is 18.6. The van der Waals surface area contributed by atoms with Crippen LogP contribution in [0, 0.1) is 11.3 Å². The van der Waals surface area contributed by atoms with Crippen molar-refractivity contribution in [3.63, 3.8) is 0 Å². The fourth-order valence-electron chi connectivity index (χ4n) is 6.92. The van der Waals surface area contributed by atoms with Gasteiger partial charge < -0.3 is 16.0 Å². The maximum absolute atomic E-state index is 14.0. The standard InChI is InChI=1S/C34H48ClN3O4S.C4H6/c1-25(2)43(41,42)24-34(29-10-4-3-5-11-29)18-20-38(21-19-34)33(40)31(22-26-12-15-30(35)16-13-26)37-32(39)17-14-27-8-6-7-9-28(27)23-36;1-3-4-2/h6-9,12-13,15-16,25,29,31H,3-5,10-11,14,17-24,36H2,1-2H3,(H,37,39);3-4H,1-2H2/t31-;/m1./s1. The lowest BCUT2D eigenvalue weighted by Crippen LogP contribution is -2.55. The number of allylic oxidation sites excluding steroid dienone is 2. The van der Waals surface area contributed by atoms with Crippen molar-refractivity contribution in [1.29, 1.82) is 0 Å². The summed E-state index contributed by atoms with van der Waals surface area (Å²) in [6.07, 6.45) is 11.4. The van der Waals surface area contributed by atoms with Crippen LogP contribution in [0.1, 0.15) is 81.9 Å². The summed E-state index contributed by atoms with van der Waals surface area (Å²) in [5, 5.41) is 3.23. The highest BCUT2D eigenvalue weighted by molar-refractivity contribution is 7.92. The molecule has 0 spiro atoms. The Labute approximate surface area is 287 Å². The lowest BCUT2D eigenvalue weighted by Gasteiger charge is -2.48. The molecule has 258 valence electrons. The smallest absolute Gasteiger partial charge is 0.245 e. The molecule has 2 amide bonds. The molecular weight excluding hydrogens is 630 g/mol. The second-order valence-corrected chi connectivity index (χ2v) is 16.3. The number of amides is 2. The van der Waals surface area contributed by atoms with Crippen LogP contribution in [0.15, 0.2) is 73.8 Å². The third-order valence-electron chi connectivity index (χ3n) is 9.86. The third-order valence-corrected chi connectivity index (χ3v) is 12.5. The van der Waals surface area contributed by atoms with Crippen molar-refractivity contribution in [1.82, 2.24) is 10.2 Å². The predicted molar refractivity (Wildman–Crippen MR) is 194 cm³/mol. The van der Waals surface area contributed by atoms with Gasteiger partial charge in [0.15, 0.2) is 9.84 Å². The van der Waals surface area contributed by atoms with Gasteiger partial charge >= 0.3 is 0 Å². The van der Waals surface area contributed by atoms with Gasteiger partial charge in [-0.3, -0.25) is 9.59 Å². The first kappa shape index (κ1) is 38.5. The Morgan fingerprint density at radius 3 is 2.15 bits per heavy atom. The SMILES string of the molecule is C=CC=C.CC(C)S(=O)(=O)CC1(C2CCCCC2)CCN(C(=O)[C@@H](Cc2ccc(Cl)cc2)NC(=O)CCc2ccccc2CN)CC1. The molecule has 0 unspecified atom stereocenters. The molecule has 0 radical (unpaired) electrons. The first-order valence-corrected chi connectivity index (χ1v) is 19.1. The lowest BCUT2D eigenvalue weighted by molar-refractivity contribution is -0.139. The van der Waals surface area contributed by atoms with Crippen LogP contribution in [0.2, 0.25) is 5.02 Å². The molecule has 1 saturated heterocycles. The molecule has 7 nitrogen and oxygen atoms in total. The van der Waals surface area contributed by atoms with E-state index in [1.165, 1.54) is 6.42 Å². The summed E-state index contributed by atoms with van der Waals surface area (Å²) >= 11 is 6.10. The van der Waals surface area contributed by atoms with Crippen LogP contribution >= 0.6 is 11.6 Å². The molecule has 47 heavy (non-hydrogen) atoms. The highest BCUT2D eigenvalue weighted by atomic mass is 35.5. The average molecular weight is 684 g/mol. The van der Waals surface area contributed by atoms with E-state index in [2.05, 4.69) is 18.5 Å². The molecule has 2 aliphatic rings. The monoisotopic (exact) mass is 683 g/mol. The zero-order chi connectivity index (χ0) is 34.5. The third kappa shape index (κ3) is 11.3. The van der Waals surface area contributed by atoms with Crippen LogP contribution in [0.25, 0.3) is 0 Å². The van der Waals surface area contributed by atoms with E-state index in [1.807, 2.05) is 41.3 Å². The van der Waals surface area contributed by atoms with Gasteiger partial charge in [0.05, 0.1) is 11.0 Å². The minimum Gasteiger partial charge on any atom is -0.344 e. The summed E-state index contributed by atoms with van der Waals surface area (Å²) < 4.78 is 26.4. The largest absolute Gasteiger partial charge is 0.344 e. The summed E-state index contributed by atoms with van der Waals surface area (Å²) in [5.74, 6) is 0.262. The molecule has 2 fully saturated rings. The number of likely N-dealkylation sites (tertiary alicyclic amines) is 1. The minimum atomic E-state index is -3.23. The molecule has 1 aliphatic heterocycles. The summed E-state index contributed by atoms with van der Waals surface area (Å²) in [6.45, 7) is 11.7.